The van der Waals surface area contributed by atoms with E-state index in [1.54, 1.807) is 0 Å². The van der Waals surface area contributed by atoms with Crippen molar-refractivity contribution in [1.82, 2.24) is 10.6 Å². The lowest BCUT2D eigenvalue weighted by atomic mass is 10.3. The first-order valence-corrected chi connectivity index (χ1v) is 8.90. The van der Waals surface area contributed by atoms with Crippen molar-refractivity contribution >= 4 is 45.6 Å². The summed E-state index contributed by atoms with van der Waals surface area (Å²) in [6.07, 6.45) is 1.78. The highest BCUT2D eigenvalue weighted by atomic mass is 79.9. The number of unbranched alkanes of at least 4 members (excludes halogenated alkanes) is 1. The number of amides is 3. The Kier molecular flexibility index (Phi) is 9.39. The number of nitrogens with one attached hydrogen (secondary N) is 2. The molecule has 6 nitrogen and oxygen atoms in total. The van der Waals surface area contributed by atoms with Gasteiger partial charge in [0.05, 0.1) is 5.75 Å². The maximum Gasteiger partial charge on any atom is 0.321 e. The highest BCUT2D eigenvalue weighted by Gasteiger charge is 2.11. The van der Waals surface area contributed by atoms with Crippen LogP contribution in [-0.4, -0.2) is 36.8 Å². The number of esters is 1. The Balaban J connectivity index is 2.18. The number of benzene rings is 1. The first-order valence-electron chi connectivity index (χ1n) is 7.13. The van der Waals surface area contributed by atoms with Crippen LogP contribution in [0, 0.1) is 0 Å². The van der Waals surface area contributed by atoms with E-state index in [-0.39, 0.29) is 5.75 Å². The molecule has 0 unspecified atom stereocenters. The minimum atomic E-state index is -0.652. The zero-order valence-electron chi connectivity index (χ0n) is 12.8. The van der Waals surface area contributed by atoms with Crippen LogP contribution in [0.1, 0.15) is 19.8 Å². The average molecular weight is 403 g/mol. The summed E-state index contributed by atoms with van der Waals surface area (Å²) in [6.45, 7) is 2.02. The van der Waals surface area contributed by atoms with Crippen LogP contribution in [0.2, 0.25) is 0 Å². The molecule has 0 atom stereocenters. The smallest absolute Gasteiger partial charge is 0.321 e. The molecule has 0 aliphatic rings. The molecule has 0 radical (unpaired) electrons. The summed E-state index contributed by atoms with van der Waals surface area (Å²) >= 11 is 4.64. The van der Waals surface area contributed by atoms with E-state index in [0.717, 1.165) is 22.2 Å². The molecule has 0 fully saturated rings. The zero-order valence-corrected chi connectivity index (χ0v) is 15.2. The van der Waals surface area contributed by atoms with E-state index in [1.807, 2.05) is 31.2 Å². The molecule has 0 bridgehead atoms. The summed E-state index contributed by atoms with van der Waals surface area (Å²) in [5.74, 6) is -1.07. The van der Waals surface area contributed by atoms with Crippen molar-refractivity contribution in [2.24, 2.45) is 0 Å². The number of hydrogen-bond donors (Lipinski definition) is 2. The van der Waals surface area contributed by atoms with Crippen molar-refractivity contribution in [2.45, 2.75) is 24.7 Å². The van der Waals surface area contributed by atoms with Gasteiger partial charge in [0.2, 0.25) is 0 Å². The van der Waals surface area contributed by atoms with Crippen LogP contribution in [0.5, 0.6) is 0 Å². The van der Waals surface area contributed by atoms with Crippen LogP contribution < -0.4 is 10.6 Å². The third-order valence-electron chi connectivity index (χ3n) is 2.60. The fraction of sp³-hybridized carbons (Fsp3) is 0.400. The van der Waals surface area contributed by atoms with Crippen LogP contribution in [0.25, 0.3) is 0 Å². The van der Waals surface area contributed by atoms with Gasteiger partial charge in [0, 0.05) is 15.9 Å². The minimum absolute atomic E-state index is 0.0949. The van der Waals surface area contributed by atoms with Crippen LogP contribution in [-0.2, 0) is 14.3 Å². The Bertz CT molecular complexity index is 537. The molecule has 0 aliphatic heterocycles. The van der Waals surface area contributed by atoms with Crippen LogP contribution in [0.3, 0.4) is 0 Å². The van der Waals surface area contributed by atoms with Crippen molar-refractivity contribution in [3.05, 3.63) is 28.7 Å². The predicted molar refractivity (Wildman–Crippen MR) is 92.3 cm³/mol. The predicted octanol–water partition coefficient (Wildman–Crippen LogP) is 2.71. The second-order valence-corrected chi connectivity index (χ2v) is 6.53. The molecule has 1 aromatic carbocycles. The lowest BCUT2D eigenvalue weighted by Crippen LogP contribution is -2.41. The number of carbonyl (C=O) groups is 3. The van der Waals surface area contributed by atoms with Gasteiger partial charge in [0.25, 0.3) is 5.91 Å². The van der Waals surface area contributed by atoms with Gasteiger partial charge in [0.1, 0.15) is 0 Å². The first kappa shape index (κ1) is 19.5. The number of carbonyl (C=O) groups excluding carboxylic acids is 3. The molecular weight excluding hydrogens is 384 g/mol. The maximum absolute atomic E-state index is 11.6. The SMILES string of the molecule is CCCCNC(=O)NC(=O)COC(=O)CSc1ccc(Br)cc1. The fourth-order valence-corrected chi connectivity index (χ4v) is 2.41. The van der Waals surface area contributed by atoms with E-state index in [0.29, 0.717) is 6.54 Å². The third kappa shape index (κ3) is 9.25. The van der Waals surface area contributed by atoms with E-state index < -0.39 is 24.5 Å². The number of urea groups is 1. The van der Waals surface area contributed by atoms with Gasteiger partial charge in [-0.05, 0) is 30.7 Å². The van der Waals surface area contributed by atoms with E-state index in [9.17, 15) is 14.4 Å². The van der Waals surface area contributed by atoms with Crippen molar-refractivity contribution in [2.75, 3.05) is 18.9 Å². The second kappa shape index (κ2) is 11.1. The number of hydrogen-bond acceptors (Lipinski definition) is 5. The van der Waals surface area contributed by atoms with Crippen LogP contribution in [0.15, 0.2) is 33.6 Å². The van der Waals surface area contributed by atoms with Gasteiger partial charge in [-0.1, -0.05) is 29.3 Å². The Morgan fingerprint density at radius 1 is 1.22 bits per heavy atom. The Hall–Kier alpha value is -1.54. The molecular formula is C15H19BrN2O4S. The second-order valence-electron chi connectivity index (χ2n) is 4.56. The summed E-state index contributed by atoms with van der Waals surface area (Å²) in [6, 6.07) is 6.91. The lowest BCUT2D eigenvalue weighted by molar-refractivity contribution is -0.145. The molecule has 1 rings (SSSR count). The lowest BCUT2D eigenvalue weighted by Gasteiger charge is -2.07. The average Bonchev–Trinajstić information content (AvgIpc) is 2.52. The zero-order chi connectivity index (χ0) is 17.1. The van der Waals surface area contributed by atoms with Crippen LogP contribution >= 0.6 is 27.7 Å². The summed E-state index contributed by atoms with van der Waals surface area (Å²) in [5, 5.41) is 4.63. The van der Waals surface area contributed by atoms with E-state index in [2.05, 4.69) is 26.6 Å². The number of imide groups is 1. The highest BCUT2D eigenvalue weighted by molar-refractivity contribution is 9.10. The van der Waals surface area contributed by atoms with Crippen molar-refractivity contribution in [3.63, 3.8) is 0 Å². The molecule has 0 spiro atoms. The number of halogens is 1. The molecule has 3 amide bonds. The van der Waals surface area contributed by atoms with Gasteiger partial charge < -0.3 is 10.1 Å². The standard InChI is InChI=1S/C15H19BrN2O4S/c1-2-3-8-17-15(21)18-13(19)9-22-14(20)10-23-12-6-4-11(16)5-7-12/h4-7H,2-3,8-10H2,1H3,(H2,17,18,19,21). The Morgan fingerprint density at radius 3 is 2.57 bits per heavy atom. The van der Waals surface area contributed by atoms with Crippen LogP contribution in [0.4, 0.5) is 4.79 Å². The quantitative estimate of drug-likeness (QED) is 0.396. The van der Waals surface area contributed by atoms with Gasteiger partial charge in [0.15, 0.2) is 6.61 Å². The fourth-order valence-electron chi connectivity index (χ4n) is 1.45. The van der Waals surface area contributed by atoms with Crippen molar-refractivity contribution in [1.29, 1.82) is 0 Å². The molecule has 1 aromatic rings. The molecule has 0 saturated carbocycles. The van der Waals surface area contributed by atoms with E-state index >= 15 is 0 Å². The molecule has 2 N–H and O–H groups in total. The molecule has 23 heavy (non-hydrogen) atoms. The topological polar surface area (TPSA) is 84.5 Å². The molecule has 0 aromatic heterocycles. The van der Waals surface area contributed by atoms with Gasteiger partial charge in [-0.25, -0.2) is 4.79 Å². The van der Waals surface area contributed by atoms with Gasteiger partial charge in [-0.3, -0.25) is 14.9 Å². The molecule has 126 valence electrons. The highest BCUT2D eigenvalue weighted by Crippen LogP contribution is 2.20. The van der Waals surface area contributed by atoms with Crippen molar-refractivity contribution in [3.8, 4) is 0 Å². The maximum atomic E-state index is 11.6. The van der Waals surface area contributed by atoms with Gasteiger partial charge in [-0.15, -0.1) is 11.8 Å². The first-order chi connectivity index (χ1) is 11.0. The van der Waals surface area contributed by atoms with Gasteiger partial charge >= 0.3 is 12.0 Å². The number of rotatable bonds is 8. The summed E-state index contributed by atoms with van der Waals surface area (Å²) < 4.78 is 5.77. The minimum Gasteiger partial charge on any atom is -0.455 e. The molecule has 0 saturated heterocycles. The normalized spacial score (nSPS) is 10.0. The number of ether oxygens (including phenoxy) is 1. The summed E-state index contributed by atoms with van der Waals surface area (Å²) in [5.41, 5.74) is 0. The van der Waals surface area contributed by atoms with E-state index in [4.69, 9.17) is 4.74 Å². The molecule has 8 heteroatoms. The summed E-state index contributed by atoms with van der Waals surface area (Å²) in [7, 11) is 0. The summed E-state index contributed by atoms with van der Waals surface area (Å²) in [4.78, 5) is 35.2. The van der Waals surface area contributed by atoms with E-state index in [1.165, 1.54) is 11.8 Å². The largest absolute Gasteiger partial charge is 0.455 e. The monoisotopic (exact) mass is 402 g/mol. The number of thioether (sulfide) groups is 1. The Morgan fingerprint density at radius 2 is 1.91 bits per heavy atom. The van der Waals surface area contributed by atoms with Crippen molar-refractivity contribution < 1.29 is 19.1 Å². The molecule has 0 aliphatic carbocycles. The van der Waals surface area contributed by atoms with Gasteiger partial charge in [-0.2, -0.15) is 0 Å². The Labute approximate surface area is 147 Å². The molecule has 0 heterocycles. The third-order valence-corrected chi connectivity index (χ3v) is 4.12.